The lowest BCUT2D eigenvalue weighted by molar-refractivity contribution is -0.135. The van der Waals surface area contributed by atoms with E-state index in [1.54, 1.807) is 12.0 Å². The second kappa shape index (κ2) is 15.1. The highest BCUT2D eigenvalue weighted by molar-refractivity contribution is 6.91. The van der Waals surface area contributed by atoms with Crippen molar-refractivity contribution in [1.29, 1.82) is 0 Å². The number of rotatable bonds is 13. The topological polar surface area (TPSA) is 79.3 Å². The van der Waals surface area contributed by atoms with Crippen LogP contribution in [-0.2, 0) is 22.5 Å². The smallest absolute Gasteiger partial charge is 0.263 e. The second-order valence-electron chi connectivity index (χ2n) is 14.8. The molecular formula is C44H48N2O5Si. The fourth-order valence-corrected chi connectivity index (χ4v) is 12.8. The van der Waals surface area contributed by atoms with Crippen molar-refractivity contribution < 1.29 is 24.2 Å². The van der Waals surface area contributed by atoms with Crippen LogP contribution in [0.15, 0.2) is 115 Å². The molecule has 7 nitrogen and oxygen atoms in total. The van der Waals surface area contributed by atoms with Crippen LogP contribution >= 0.6 is 0 Å². The Balaban J connectivity index is 1.12. The summed E-state index contributed by atoms with van der Waals surface area (Å²) < 4.78 is 12.4. The number of carbonyl (C=O) groups is 2. The largest absolute Gasteiger partial charge is 0.497 e. The number of amides is 2. The number of ether oxygens (including phenoxy) is 2. The summed E-state index contributed by atoms with van der Waals surface area (Å²) in [4.78, 5) is 31.3. The van der Waals surface area contributed by atoms with E-state index in [9.17, 15) is 14.7 Å². The zero-order valence-corrected chi connectivity index (χ0v) is 31.5. The SMILES string of the molecule is COc1ccc([Si](C)(C)[C@H]2[C@H](C)[C@H](CCc3cccc(N4C(=O)c5cccc6cccc4c56)c3)O[C@@H]2CC(=O)N(CCO)Cc2ccccc2)cc1. The third kappa shape index (κ3) is 6.90. The van der Waals surface area contributed by atoms with Gasteiger partial charge in [-0.05, 0) is 77.2 Å². The molecule has 2 aliphatic rings. The number of nitrogens with zero attached hydrogens (tertiary/aromatic N) is 2. The van der Waals surface area contributed by atoms with Gasteiger partial charge in [-0.2, -0.15) is 0 Å². The van der Waals surface area contributed by atoms with Gasteiger partial charge in [-0.3, -0.25) is 14.5 Å². The molecule has 0 unspecified atom stereocenters. The Bertz CT molecular complexity index is 2040. The van der Waals surface area contributed by atoms with Gasteiger partial charge in [-0.1, -0.05) is 104 Å². The van der Waals surface area contributed by atoms with Crippen molar-refractivity contribution in [2.45, 2.75) is 63.6 Å². The molecule has 1 saturated heterocycles. The fraction of sp³-hybridized carbons (Fsp3) is 0.318. The minimum atomic E-state index is -2.19. The molecule has 5 aromatic carbocycles. The molecule has 2 aliphatic heterocycles. The van der Waals surface area contributed by atoms with E-state index < -0.39 is 8.07 Å². The van der Waals surface area contributed by atoms with Crippen LogP contribution in [0, 0.1) is 5.92 Å². The van der Waals surface area contributed by atoms with Crippen LogP contribution in [0.2, 0.25) is 18.6 Å². The van der Waals surface area contributed by atoms with Gasteiger partial charge in [0, 0.05) is 24.2 Å². The summed E-state index contributed by atoms with van der Waals surface area (Å²) in [6.45, 7) is 7.71. The molecule has 0 spiro atoms. The van der Waals surface area contributed by atoms with Crippen molar-refractivity contribution in [3.05, 3.63) is 132 Å². The molecule has 0 bridgehead atoms. The molecule has 2 amide bonds. The van der Waals surface area contributed by atoms with Crippen molar-refractivity contribution in [1.82, 2.24) is 4.90 Å². The van der Waals surface area contributed by atoms with E-state index in [1.807, 2.05) is 83.8 Å². The number of aliphatic hydroxyl groups excluding tert-OH is 1. The molecule has 2 heterocycles. The Morgan fingerprint density at radius 3 is 2.33 bits per heavy atom. The molecule has 0 aromatic heterocycles. The van der Waals surface area contributed by atoms with Crippen molar-refractivity contribution in [2.24, 2.45) is 5.92 Å². The maximum absolute atomic E-state index is 14.0. The second-order valence-corrected chi connectivity index (χ2v) is 19.5. The standard InChI is InChI=1S/C44H48N2O5Si/c1-30-39(24-19-31-13-8-16-34(27-31)46-38-18-10-15-33-14-9-17-37(42(33)38)44(46)49)51-40(43(30)52(3,4)36-22-20-35(50-2)21-23-36)28-41(48)45(25-26-47)29-32-11-6-5-7-12-32/h5-18,20-23,27,30,39-40,43,47H,19,24-26,28-29H2,1-4H3/t30-,39+,40-,43+/m1/s1. The van der Waals surface area contributed by atoms with Crippen LogP contribution in [0.1, 0.15) is 41.3 Å². The summed E-state index contributed by atoms with van der Waals surface area (Å²) in [6.07, 6.45) is 1.56. The van der Waals surface area contributed by atoms with Gasteiger partial charge in [-0.15, -0.1) is 0 Å². The summed E-state index contributed by atoms with van der Waals surface area (Å²) >= 11 is 0. The molecule has 1 fully saturated rings. The third-order valence-electron chi connectivity index (χ3n) is 11.3. The van der Waals surface area contributed by atoms with Gasteiger partial charge in [-0.25, -0.2) is 0 Å². The number of hydrogen-bond acceptors (Lipinski definition) is 5. The van der Waals surface area contributed by atoms with Crippen molar-refractivity contribution >= 4 is 47.2 Å². The highest BCUT2D eigenvalue weighted by Crippen LogP contribution is 2.47. The lowest BCUT2D eigenvalue weighted by Crippen LogP contribution is -2.51. The van der Waals surface area contributed by atoms with Gasteiger partial charge in [0.2, 0.25) is 5.91 Å². The minimum absolute atomic E-state index is 0.000257. The Hall–Kier alpha value is -4.76. The van der Waals surface area contributed by atoms with Gasteiger partial charge in [0.15, 0.2) is 0 Å². The first-order valence-electron chi connectivity index (χ1n) is 18.4. The lowest BCUT2D eigenvalue weighted by Gasteiger charge is -2.36. The van der Waals surface area contributed by atoms with Gasteiger partial charge >= 0.3 is 0 Å². The van der Waals surface area contributed by atoms with Crippen LogP contribution in [0.5, 0.6) is 5.75 Å². The highest BCUT2D eigenvalue weighted by atomic mass is 28.3. The average Bonchev–Trinajstić information content (AvgIpc) is 3.64. The van der Waals surface area contributed by atoms with E-state index in [0.29, 0.717) is 6.54 Å². The predicted molar refractivity (Wildman–Crippen MR) is 210 cm³/mol. The number of aliphatic hydroxyl groups is 1. The Kier molecular flexibility index (Phi) is 10.3. The minimum Gasteiger partial charge on any atom is -0.497 e. The van der Waals surface area contributed by atoms with E-state index >= 15 is 0 Å². The monoisotopic (exact) mass is 712 g/mol. The number of methoxy groups -OCH3 is 1. The average molecular weight is 713 g/mol. The molecule has 5 aromatic rings. The Labute approximate surface area is 307 Å². The quantitative estimate of drug-likeness (QED) is 0.126. The molecular weight excluding hydrogens is 665 g/mol. The van der Waals surface area contributed by atoms with E-state index in [-0.39, 0.29) is 55.1 Å². The zero-order chi connectivity index (χ0) is 36.4. The van der Waals surface area contributed by atoms with Crippen LogP contribution in [-0.4, -0.2) is 62.4 Å². The number of benzene rings is 5. The predicted octanol–water partition coefficient (Wildman–Crippen LogP) is 7.87. The molecule has 0 aliphatic carbocycles. The van der Waals surface area contributed by atoms with Crippen LogP contribution < -0.4 is 14.8 Å². The van der Waals surface area contributed by atoms with Crippen LogP contribution in [0.4, 0.5) is 11.4 Å². The molecule has 0 saturated carbocycles. The van der Waals surface area contributed by atoms with Crippen molar-refractivity contribution in [2.75, 3.05) is 25.2 Å². The molecule has 1 N–H and O–H groups in total. The fourth-order valence-electron chi connectivity index (χ4n) is 8.69. The number of hydrogen-bond donors (Lipinski definition) is 1. The summed E-state index contributed by atoms with van der Waals surface area (Å²) in [5.74, 6) is 1.05. The third-order valence-corrected chi connectivity index (χ3v) is 15.7. The van der Waals surface area contributed by atoms with E-state index in [4.69, 9.17) is 9.47 Å². The van der Waals surface area contributed by atoms with E-state index in [2.05, 4.69) is 56.4 Å². The zero-order valence-electron chi connectivity index (χ0n) is 30.5. The number of aryl methyl sites for hydroxylation is 1. The summed E-state index contributed by atoms with van der Waals surface area (Å²) in [5.41, 5.74) is 4.89. The van der Waals surface area contributed by atoms with Gasteiger partial charge < -0.3 is 19.5 Å². The summed E-state index contributed by atoms with van der Waals surface area (Å²) in [6, 6.07) is 38.7. The van der Waals surface area contributed by atoms with Gasteiger partial charge in [0.25, 0.3) is 5.91 Å². The first-order chi connectivity index (χ1) is 25.2. The molecule has 0 radical (unpaired) electrons. The van der Waals surface area contributed by atoms with Gasteiger partial charge in [0.1, 0.15) is 5.75 Å². The Morgan fingerprint density at radius 2 is 1.60 bits per heavy atom. The molecule has 7 rings (SSSR count). The maximum Gasteiger partial charge on any atom is 0.263 e. The first kappa shape index (κ1) is 35.6. The van der Waals surface area contributed by atoms with Crippen molar-refractivity contribution in [3.8, 4) is 5.75 Å². The highest BCUT2D eigenvalue weighted by Gasteiger charge is 2.51. The van der Waals surface area contributed by atoms with E-state index in [1.165, 1.54) is 5.19 Å². The first-order valence-corrected chi connectivity index (χ1v) is 21.4. The lowest BCUT2D eigenvalue weighted by atomic mass is 9.95. The normalized spacial score (nSPS) is 19.7. The van der Waals surface area contributed by atoms with Gasteiger partial charge in [0.05, 0.1) is 51.7 Å². The van der Waals surface area contributed by atoms with Crippen LogP contribution in [0.25, 0.3) is 10.8 Å². The molecule has 8 heteroatoms. The molecule has 4 atom stereocenters. The van der Waals surface area contributed by atoms with Crippen LogP contribution in [0.3, 0.4) is 0 Å². The molecule has 268 valence electrons. The Morgan fingerprint density at radius 1 is 0.885 bits per heavy atom. The summed E-state index contributed by atoms with van der Waals surface area (Å²) in [7, 11) is -0.503. The number of anilines is 2. The van der Waals surface area contributed by atoms with E-state index in [0.717, 1.165) is 57.4 Å². The van der Waals surface area contributed by atoms with Crippen molar-refractivity contribution in [3.63, 3.8) is 0 Å². The maximum atomic E-state index is 14.0. The number of carbonyl (C=O) groups excluding carboxylic acids is 2. The molecule has 52 heavy (non-hydrogen) atoms. The summed E-state index contributed by atoms with van der Waals surface area (Å²) in [5, 5.41) is 13.3.